The summed E-state index contributed by atoms with van der Waals surface area (Å²) in [6.07, 6.45) is 15.2. The van der Waals surface area contributed by atoms with E-state index in [2.05, 4.69) is 0 Å². The van der Waals surface area contributed by atoms with Crippen LogP contribution in [0.2, 0.25) is 0 Å². The Hall–Kier alpha value is -0.110. The van der Waals surface area contributed by atoms with E-state index >= 15 is 0 Å². The minimum Gasteiger partial charge on any atom is -0.396 e. The highest BCUT2D eigenvalue weighted by Crippen LogP contribution is 2.13. The van der Waals surface area contributed by atoms with Gasteiger partial charge in [0.1, 0.15) is 0 Å². The average molecular weight is 260 g/mol. The summed E-state index contributed by atoms with van der Waals surface area (Å²) in [6.45, 7) is 2.00. The van der Waals surface area contributed by atoms with Crippen LogP contribution in [0.3, 0.4) is 0 Å². The van der Waals surface area contributed by atoms with E-state index in [0.717, 1.165) is 19.3 Å². The summed E-state index contributed by atoms with van der Waals surface area (Å²) in [6, 6.07) is 0. The molecule has 0 aromatic carbocycles. The Labute approximate surface area is 113 Å². The highest BCUT2D eigenvalue weighted by Gasteiger charge is 1.97. The lowest BCUT2D eigenvalue weighted by molar-refractivity contribution is 0.282. The number of alkyl halides is 1. The lowest BCUT2D eigenvalue weighted by Crippen LogP contribution is -1.91. The molecule has 18 heavy (non-hydrogen) atoms. The quantitative estimate of drug-likeness (QED) is 0.414. The van der Waals surface area contributed by atoms with Crippen LogP contribution < -0.4 is 0 Å². The topological polar surface area (TPSA) is 20.2 Å². The molecule has 0 amide bonds. The summed E-state index contributed by atoms with van der Waals surface area (Å²) in [5.41, 5.74) is 0. The van der Waals surface area contributed by atoms with Crippen molar-refractivity contribution in [3.63, 3.8) is 0 Å². The average Bonchev–Trinajstić information content (AvgIpc) is 2.34. The third-order valence-electron chi connectivity index (χ3n) is 3.51. The molecule has 0 aromatic rings. The van der Waals surface area contributed by atoms with Gasteiger partial charge in [0.15, 0.2) is 0 Å². The van der Waals surface area contributed by atoms with Gasteiger partial charge in [-0.15, -0.1) is 0 Å². The fourth-order valence-electron chi connectivity index (χ4n) is 2.31. The highest BCUT2D eigenvalue weighted by molar-refractivity contribution is 4.51. The van der Waals surface area contributed by atoms with Gasteiger partial charge in [-0.1, -0.05) is 70.6 Å². The number of hydrogen-bond acceptors (Lipinski definition) is 1. The Morgan fingerprint density at radius 1 is 0.667 bits per heavy atom. The monoisotopic (exact) mass is 260 g/mol. The summed E-state index contributed by atoms with van der Waals surface area (Å²) in [5, 5.41) is 8.64. The normalized spacial score (nSPS) is 12.8. The van der Waals surface area contributed by atoms with Crippen LogP contribution in [0.4, 0.5) is 4.39 Å². The van der Waals surface area contributed by atoms with Crippen molar-refractivity contribution in [3.8, 4) is 0 Å². The van der Waals surface area contributed by atoms with Crippen molar-refractivity contribution in [2.24, 2.45) is 0 Å². The smallest absolute Gasteiger partial charge is 0.0973 e. The maximum Gasteiger partial charge on any atom is 0.0973 e. The molecule has 1 nitrogen and oxygen atoms in total. The van der Waals surface area contributed by atoms with Gasteiger partial charge in [0.25, 0.3) is 0 Å². The molecule has 110 valence electrons. The van der Waals surface area contributed by atoms with E-state index in [-0.39, 0.29) is 0 Å². The van der Waals surface area contributed by atoms with E-state index in [4.69, 9.17) is 5.11 Å². The van der Waals surface area contributed by atoms with Gasteiger partial charge in [0.2, 0.25) is 0 Å². The van der Waals surface area contributed by atoms with Crippen LogP contribution in [0.1, 0.15) is 90.4 Å². The fourth-order valence-corrected chi connectivity index (χ4v) is 2.31. The van der Waals surface area contributed by atoms with Crippen LogP contribution in [0.15, 0.2) is 0 Å². The van der Waals surface area contributed by atoms with E-state index < -0.39 is 6.17 Å². The van der Waals surface area contributed by atoms with Gasteiger partial charge in [-0.3, -0.25) is 0 Å². The molecule has 0 aromatic heterocycles. The largest absolute Gasteiger partial charge is 0.396 e. The second-order valence-electron chi connectivity index (χ2n) is 5.54. The number of unbranched alkanes of at least 4 members (excludes halogenated alkanes) is 11. The van der Waals surface area contributed by atoms with E-state index in [0.29, 0.717) is 6.61 Å². The molecule has 0 aliphatic carbocycles. The molecule has 0 saturated carbocycles. The Bertz CT molecular complexity index is 148. The third kappa shape index (κ3) is 15.9. The Balaban J connectivity index is 2.90. The second kappa shape index (κ2) is 14.9. The van der Waals surface area contributed by atoms with Gasteiger partial charge in [-0.05, 0) is 19.8 Å². The summed E-state index contributed by atoms with van der Waals surface area (Å²) in [7, 11) is 0. The Kier molecular flexibility index (Phi) is 14.9. The number of halogens is 1. The molecular weight excluding hydrogens is 227 g/mol. The van der Waals surface area contributed by atoms with Crippen molar-refractivity contribution in [1.29, 1.82) is 0 Å². The van der Waals surface area contributed by atoms with E-state index in [1.165, 1.54) is 64.2 Å². The standard InChI is InChI=1S/C16H33FO/c1-16(17)14-12-10-8-6-4-2-3-5-7-9-11-13-15-18/h16,18H,2-15H2,1H3. The minimum atomic E-state index is -0.615. The number of rotatable bonds is 14. The fraction of sp³-hybridized carbons (Fsp3) is 1.00. The number of hydrogen-bond donors (Lipinski definition) is 1. The number of aliphatic hydroxyl groups is 1. The molecule has 2 heteroatoms. The maximum atomic E-state index is 12.5. The molecule has 0 heterocycles. The number of aliphatic hydroxyl groups excluding tert-OH is 1. The maximum absolute atomic E-state index is 12.5. The molecule has 0 aliphatic heterocycles. The van der Waals surface area contributed by atoms with Gasteiger partial charge in [-0.2, -0.15) is 0 Å². The highest BCUT2D eigenvalue weighted by atomic mass is 19.1. The van der Waals surface area contributed by atoms with Gasteiger partial charge < -0.3 is 5.11 Å². The first-order valence-corrected chi connectivity index (χ1v) is 8.02. The zero-order valence-corrected chi connectivity index (χ0v) is 12.3. The Morgan fingerprint density at radius 3 is 1.33 bits per heavy atom. The second-order valence-corrected chi connectivity index (χ2v) is 5.54. The molecule has 0 aliphatic rings. The van der Waals surface area contributed by atoms with Gasteiger partial charge in [0.05, 0.1) is 6.17 Å². The summed E-state index contributed by atoms with van der Waals surface area (Å²) < 4.78 is 12.5. The van der Waals surface area contributed by atoms with Gasteiger partial charge >= 0.3 is 0 Å². The van der Waals surface area contributed by atoms with Crippen molar-refractivity contribution in [2.75, 3.05) is 6.61 Å². The first-order valence-electron chi connectivity index (χ1n) is 8.02. The van der Waals surface area contributed by atoms with E-state index in [1.807, 2.05) is 0 Å². The molecule has 1 unspecified atom stereocenters. The van der Waals surface area contributed by atoms with Crippen LogP contribution in [0.5, 0.6) is 0 Å². The predicted octanol–water partition coefficient (Wildman–Crippen LogP) is 5.41. The van der Waals surface area contributed by atoms with E-state index in [1.54, 1.807) is 6.92 Å². The lowest BCUT2D eigenvalue weighted by atomic mass is 10.0. The Morgan fingerprint density at radius 2 is 1.00 bits per heavy atom. The van der Waals surface area contributed by atoms with Crippen molar-refractivity contribution < 1.29 is 9.50 Å². The molecule has 1 atom stereocenters. The minimum absolute atomic E-state index is 0.348. The van der Waals surface area contributed by atoms with Crippen LogP contribution in [0, 0.1) is 0 Å². The predicted molar refractivity (Wildman–Crippen MR) is 77.7 cm³/mol. The SMILES string of the molecule is CC(F)CCCCCCCCCCCCCCO. The summed E-state index contributed by atoms with van der Waals surface area (Å²) in [4.78, 5) is 0. The van der Waals surface area contributed by atoms with Crippen LogP contribution in [-0.2, 0) is 0 Å². The molecule has 1 N–H and O–H groups in total. The van der Waals surface area contributed by atoms with Crippen LogP contribution >= 0.6 is 0 Å². The van der Waals surface area contributed by atoms with Crippen LogP contribution in [0.25, 0.3) is 0 Å². The third-order valence-corrected chi connectivity index (χ3v) is 3.51. The molecule has 0 radical (unpaired) electrons. The van der Waals surface area contributed by atoms with Crippen molar-refractivity contribution >= 4 is 0 Å². The molecule has 0 rings (SSSR count). The van der Waals surface area contributed by atoms with Crippen molar-refractivity contribution in [2.45, 2.75) is 96.6 Å². The summed E-state index contributed by atoms with van der Waals surface area (Å²) >= 11 is 0. The van der Waals surface area contributed by atoms with Crippen LogP contribution in [-0.4, -0.2) is 17.9 Å². The first kappa shape index (κ1) is 17.9. The molecular formula is C16H33FO. The zero-order chi connectivity index (χ0) is 13.5. The molecule has 0 bridgehead atoms. The van der Waals surface area contributed by atoms with E-state index in [9.17, 15) is 4.39 Å². The summed E-state index contributed by atoms with van der Waals surface area (Å²) in [5.74, 6) is 0. The van der Waals surface area contributed by atoms with Crippen molar-refractivity contribution in [1.82, 2.24) is 0 Å². The van der Waals surface area contributed by atoms with Crippen molar-refractivity contribution in [3.05, 3.63) is 0 Å². The molecule has 0 spiro atoms. The zero-order valence-electron chi connectivity index (χ0n) is 12.3. The van der Waals surface area contributed by atoms with Gasteiger partial charge in [-0.25, -0.2) is 4.39 Å². The first-order chi connectivity index (χ1) is 8.77. The molecule has 0 fully saturated rings. The lowest BCUT2D eigenvalue weighted by Gasteiger charge is -2.03. The van der Waals surface area contributed by atoms with Gasteiger partial charge in [0, 0.05) is 6.61 Å². The molecule has 0 saturated heterocycles.